The second-order valence-corrected chi connectivity index (χ2v) is 10.2. The van der Waals surface area contributed by atoms with Crippen molar-refractivity contribution in [1.82, 2.24) is 14.8 Å². The molecule has 0 unspecified atom stereocenters. The molecule has 3 heterocycles. The fourth-order valence-corrected chi connectivity index (χ4v) is 4.66. The molecule has 2 aromatic carbocycles. The van der Waals surface area contributed by atoms with E-state index in [4.69, 9.17) is 14.2 Å². The van der Waals surface area contributed by atoms with Crippen molar-refractivity contribution >= 4 is 36.3 Å². The van der Waals surface area contributed by atoms with Crippen molar-refractivity contribution in [2.45, 2.75) is 13.5 Å². The molecule has 1 aromatic heterocycles. The van der Waals surface area contributed by atoms with Gasteiger partial charge in [-0.25, -0.2) is 32.6 Å². The third-order valence-corrected chi connectivity index (χ3v) is 7.03. The Kier molecular flexibility index (Phi) is 10.4. The van der Waals surface area contributed by atoms with Crippen LogP contribution in [-0.2, 0) is 20.8 Å². The molecule has 0 atom stereocenters. The number of carbonyl (C=O) groups excluding carboxylic acids is 2. The number of para-hydroxylation sites is 1. The Labute approximate surface area is 257 Å². The molecular weight excluding hydrogens is 593 g/mol. The fourth-order valence-electron chi connectivity index (χ4n) is 4.66. The van der Waals surface area contributed by atoms with Crippen molar-refractivity contribution in [2.24, 2.45) is 9.98 Å². The number of aromatic nitrogens is 1. The molecule has 3 aromatic rings. The number of ether oxygens (including phenoxy) is 3. The van der Waals surface area contributed by atoms with Crippen LogP contribution in [0.25, 0.3) is 11.3 Å². The number of aliphatic imine (C=N–C) groups is 2. The van der Waals surface area contributed by atoms with Crippen LogP contribution < -0.4 is 4.90 Å². The number of urea groups is 1. The average molecular weight is 625 g/mol. The Morgan fingerprint density at radius 3 is 2.13 bits per heavy atom. The molecule has 0 aliphatic carbocycles. The Bertz CT molecular complexity index is 1570. The number of pyridine rings is 1. The monoisotopic (exact) mass is 624 g/mol. The molecule has 2 fully saturated rings. The number of nitrogens with zero attached hydrogens (tertiary/aromatic N) is 6. The molecule has 14 heteroatoms. The molecule has 0 N–H and O–H groups in total. The lowest BCUT2D eigenvalue weighted by atomic mass is 10.0. The standard InChI is InChI=1S/C31H31F3N6O5/c1-21-5-7-23(26(34)17-21)28-22(18-45-31(42)36-20-39-11-15-44-16-12-39)6-8-27(37-28)40(29-24(32)3-2-4-25(29)33)30(41)35-19-38-9-13-43-14-10-38/h2-8,17,19-20H,9-16,18H2,1H3. The van der Waals surface area contributed by atoms with Gasteiger partial charge in [0.2, 0.25) is 0 Å². The van der Waals surface area contributed by atoms with E-state index in [9.17, 15) is 9.59 Å². The molecule has 0 bridgehead atoms. The molecule has 11 nitrogen and oxygen atoms in total. The maximum absolute atomic E-state index is 15.3. The number of morpholine rings is 2. The number of hydrogen-bond acceptors (Lipinski definition) is 6. The van der Waals surface area contributed by atoms with E-state index in [1.54, 1.807) is 17.9 Å². The number of aryl methyl sites for hydroxylation is 1. The second-order valence-electron chi connectivity index (χ2n) is 10.2. The van der Waals surface area contributed by atoms with Gasteiger partial charge in [0.25, 0.3) is 0 Å². The highest BCUT2D eigenvalue weighted by Gasteiger charge is 2.27. The van der Waals surface area contributed by atoms with E-state index in [1.165, 1.54) is 36.9 Å². The summed E-state index contributed by atoms with van der Waals surface area (Å²) in [6.07, 6.45) is 1.77. The highest BCUT2D eigenvalue weighted by Crippen LogP contribution is 2.34. The maximum atomic E-state index is 15.3. The number of amides is 3. The van der Waals surface area contributed by atoms with Crippen LogP contribution >= 0.6 is 0 Å². The van der Waals surface area contributed by atoms with Gasteiger partial charge in [-0.1, -0.05) is 12.1 Å². The van der Waals surface area contributed by atoms with Gasteiger partial charge in [-0.2, -0.15) is 9.98 Å². The van der Waals surface area contributed by atoms with E-state index in [0.717, 1.165) is 18.2 Å². The number of halogens is 3. The molecule has 2 aliphatic rings. The van der Waals surface area contributed by atoms with Gasteiger partial charge in [-0.15, -0.1) is 0 Å². The van der Waals surface area contributed by atoms with Crippen molar-refractivity contribution in [3.8, 4) is 11.3 Å². The van der Waals surface area contributed by atoms with Crippen LogP contribution in [0.5, 0.6) is 0 Å². The van der Waals surface area contributed by atoms with Gasteiger partial charge in [0.1, 0.15) is 35.6 Å². The third kappa shape index (κ3) is 8.02. The van der Waals surface area contributed by atoms with E-state index < -0.39 is 35.3 Å². The van der Waals surface area contributed by atoms with Crippen molar-refractivity contribution in [3.05, 3.63) is 77.1 Å². The van der Waals surface area contributed by atoms with E-state index in [0.29, 0.717) is 63.1 Å². The molecule has 2 saturated heterocycles. The first-order chi connectivity index (χ1) is 21.8. The molecule has 236 valence electrons. The van der Waals surface area contributed by atoms with Crippen LogP contribution in [0, 0.1) is 24.4 Å². The Morgan fingerprint density at radius 1 is 0.889 bits per heavy atom. The van der Waals surface area contributed by atoms with Crippen molar-refractivity contribution in [1.29, 1.82) is 0 Å². The van der Waals surface area contributed by atoms with Crippen LogP contribution in [0.2, 0.25) is 0 Å². The minimum atomic E-state index is -1.04. The largest absolute Gasteiger partial charge is 0.443 e. The summed E-state index contributed by atoms with van der Waals surface area (Å²) < 4.78 is 61.4. The maximum Gasteiger partial charge on any atom is 0.435 e. The zero-order valence-corrected chi connectivity index (χ0v) is 24.5. The number of benzene rings is 2. The number of carbonyl (C=O) groups is 2. The topological polar surface area (TPSA) is 109 Å². The fraction of sp³-hybridized carbons (Fsp3) is 0.323. The highest BCUT2D eigenvalue weighted by molar-refractivity contribution is 6.02. The molecule has 2 aliphatic heterocycles. The first-order valence-corrected chi connectivity index (χ1v) is 14.2. The number of anilines is 2. The second kappa shape index (κ2) is 14.8. The summed E-state index contributed by atoms with van der Waals surface area (Å²) in [4.78, 5) is 42.3. The van der Waals surface area contributed by atoms with Crippen molar-refractivity contribution in [2.75, 3.05) is 57.5 Å². The van der Waals surface area contributed by atoms with E-state index in [2.05, 4.69) is 15.0 Å². The van der Waals surface area contributed by atoms with Crippen LogP contribution in [0.4, 0.5) is 34.3 Å². The van der Waals surface area contributed by atoms with Gasteiger partial charge in [-0.3, -0.25) is 0 Å². The van der Waals surface area contributed by atoms with Crippen LogP contribution in [0.1, 0.15) is 11.1 Å². The SMILES string of the molecule is Cc1ccc(-c2nc(N(C(=O)N=CN3CCOCC3)c3c(F)cccc3F)ccc2COC(=O)N=CN2CCOCC2)c(F)c1. The van der Waals surface area contributed by atoms with Gasteiger partial charge in [0, 0.05) is 37.3 Å². The Balaban J connectivity index is 1.50. The summed E-state index contributed by atoms with van der Waals surface area (Å²) in [5, 5.41) is 0. The average Bonchev–Trinajstić information content (AvgIpc) is 3.04. The smallest absolute Gasteiger partial charge is 0.435 e. The zero-order chi connectivity index (χ0) is 31.8. The predicted octanol–water partition coefficient (Wildman–Crippen LogP) is 5.09. The lowest BCUT2D eigenvalue weighted by Gasteiger charge is -2.25. The van der Waals surface area contributed by atoms with E-state index >= 15 is 13.2 Å². The summed E-state index contributed by atoms with van der Waals surface area (Å²) in [5.41, 5.74) is 0.196. The summed E-state index contributed by atoms with van der Waals surface area (Å²) in [7, 11) is 0. The van der Waals surface area contributed by atoms with Crippen molar-refractivity contribution < 1.29 is 37.0 Å². The Hall–Kier alpha value is -4.82. The summed E-state index contributed by atoms with van der Waals surface area (Å²) in [5.74, 6) is -2.95. The van der Waals surface area contributed by atoms with E-state index in [1.807, 2.05) is 4.90 Å². The predicted molar refractivity (Wildman–Crippen MR) is 160 cm³/mol. The zero-order valence-electron chi connectivity index (χ0n) is 24.5. The number of hydrogen-bond donors (Lipinski definition) is 0. The van der Waals surface area contributed by atoms with Gasteiger partial charge in [0.05, 0.1) is 44.8 Å². The minimum Gasteiger partial charge on any atom is -0.443 e. The number of rotatable bonds is 7. The van der Waals surface area contributed by atoms with Crippen LogP contribution in [0.15, 0.2) is 58.5 Å². The molecule has 0 saturated carbocycles. The highest BCUT2D eigenvalue weighted by atomic mass is 19.1. The first-order valence-electron chi connectivity index (χ1n) is 14.2. The molecule has 45 heavy (non-hydrogen) atoms. The summed E-state index contributed by atoms with van der Waals surface area (Å²) >= 11 is 0. The van der Waals surface area contributed by atoms with Gasteiger partial charge in [-0.05, 0) is 48.9 Å². The Morgan fingerprint density at radius 2 is 1.51 bits per heavy atom. The summed E-state index contributed by atoms with van der Waals surface area (Å²) in [6, 6.07) is 9.28. The van der Waals surface area contributed by atoms with E-state index in [-0.39, 0.29) is 29.2 Å². The third-order valence-electron chi connectivity index (χ3n) is 7.03. The normalized spacial score (nSPS) is 15.6. The van der Waals surface area contributed by atoms with Crippen LogP contribution in [-0.4, -0.2) is 92.2 Å². The minimum absolute atomic E-state index is 0.0123. The van der Waals surface area contributed by atoms with Gasteiger partial charge in [0.15, 0.2) is 0 Å². The van der Waals surface area contributed by atoms with Gasteiger partial charge < -0.3 is 24.0 Å². The molecule has 0 radical (unpaired) electrons. The van der Waals surface area contributed by atoms with Crippen LogP contribution in [0.3, 0.4) is 0 Å². The molecular formula is C31H31F3N6O5. The molecule has 5 rings (SSSR count). The van der Waals surface area contributed by atoms with Crippen molar-refractivity contribution in [3.63, 3.8) is 0 Å². The lowest BCUT2D eigenvalue weighted by molar-refractivity contribution is 0.0698. The first kappa shape index (κ1) is 31.6. The lowest BCUT2D eigenvalue weighted by Crippen LogP contribution is -2.36. The quantitative estimate of drug-likeness (QED) is 0.264. The van der Waals surface area contributed by atoms with Gasteiger partial charge >= 0.3 is 12.1 Å². The molecule has 0 spiro atoms. The summed E-state index contributed by atoms with van der Waals surface area (Å²) in [6.45, 7) is 5.35. The molecule has 3 amide bonds.